The van der Waals surface area contributed by atoms with Crippen molar-refractivity contribution in [2.75, 3.05) is 6.61 Å². The Kier molecular flexibility index (Phi) is 6.90. The van der Waals surface area contributed by atoms with Gasteiger partial charge in [0.2, 0.25) is 0 Å². The molecule has 0 aromatic heterocycles. The van der Waals surface area contributed by atoms with E-state index in [4.69, 9.17) is 9.47 Å². The van der Waals surface area contributed by atoms with Gasteiger partial charge in [0.25, 0.3) is 0 Å². The average Bonchev–Trinajstić information content (AvgIpc) is 3.25. The number of hydrogen-bond donors (Lipinski definition) is 3. The molecule has 2 fully saturated rings. The van der Waals surface area contributed by atoms with Gasteiger partial charge in [0, 0.05) is 29.2 Å². The Balaban J connectivity index is 1.87. The minimum atomic E-state index is -2.28. The van der Waals surface area contributed by atoms with Crippen LogP contribution in [0.2, 0.25) is 0 Å². The minimum Gasteiger partial charge on any atom is -0.458 e. The third-order valence-corrected chi connectivity index (χ3v) is 10.0. The van der Waals surface area contributed by atoms with Gasteiger partial charge in [-0.05, 0) is 57.6 Å². The van der Waals surface area contributed by atoms with E-state index in [9.17, 15) is 29.7 Å². The molecule has 0 heterocycles. The van der Waals surface area contributed by atoms with Gasteiger partial charge in [0.15, 0.2) is 5.78 Å². The number of rotatable bonds is 6. The zero-order chi connectivity index (χ0) is 28.6. The summed E-state index contributed by atoms with van der Waals surface area (Å²) < 4.78 is 11.7. The Bertz CT molecular complexity index is 1160. The molecular weight excluding hydrogens is 488 g/mol. The van der Waals surface area contributed by atoms with Crippen LogP contribution in [0.25, 0.3) is 0 Å². The fourth-order valence-electron chi connectivity index (χ4n) is 7.64. The van der Waals surface area contributed by atoms with Crippen molar-refractivity contribution in [1.82, 2.24) is 0 Å². The van der Waals surface area contributed by atoms with Crippen LogP contribution in [0.4, 0.5) is 0 Å². The molecule has 8 atom stereocenters. The van der Waals surface area contributed by atoms with E-state index in [1.165, 1.54) is 0 Å². The summed E-state index contributed by atoms with van der Waals surface area (Å²) in [5, 5.41) is 35.1. The molecule has 4 aliphatic rings. The van der Waals surface area contributed by atoms with Crippen molar-refractivity contribution in [3.63, 3.8) is 0 Å². The van der Waals surface area contributed by atoms with Crippen LogP contribution in [0.5, 0.6) is 0 Å². The lowest BCUT2D eigenvalue weighted by atomic mass is 9.59. The highest BCUT2D eigenvalue weighted by Gasteiger charge is 2.83. The first-order chi connectivity index (χ1) is 17.5. The van der Waals surface area contributed by atoms with E-state index in [1.54, 1.807) is 39.8 Å². The van der Waals surface area contributed by atoms with Crippen LogP contribution >= 0.6 is 0 Å². The summed E-state index contributed by atoms with van der Waals surface area (Å²) in [5.74, 6) is -3.04. The maximum atomic E-state index is 14.5. The second kappa shape index (κ2) is 9.14. The Morgan fingerprint density at radius 3 is 2.34 bits per heavy atom. The van der Waals surface area contributed by atoms with Crippen LogP contribution in [0.15, 0.2) is 34.4 Å². The van der Waals surface area contributed by atoms with Gasteiger partial charge in [-0.2, -0.15) is 0 Å². The predicted octanol–water partition coefficient (Wildman–Crippen LogP) is 3.19. The van der Waals surface area contributed by atoms with Gasteiger partial charge in [-0.25, -0.2) is 4.79 Å². The van der Waals surface area contributed by atoms with Gasteiger partial charge in [-0.3, -0.25) is 9.59 Å². The molecule has 1 spiro atoms. The fourth-order valence-corrected chi connectivity index (χ4v) is 7.64. The molecule has 38 heavy (non-hydrogen) atoms. The summed E-state index contributed by atoms with van der Waals surface area (Å²) in [6.45, 7) is 14.1. The van der Waals surface area contributed by atoms with E-state index in [-0.39, 0.29) is 30.4 Å². The van der Waals surface area contributed by atoms with Gasteiger partial charge in [0.1, 0.15) is 30.0 Å². The standard InChI is InChI=1S/C30H42O8/c1-9-10-21(31)38-29-13-17(5)28-12-16(4)23(32)30(28,36)24(33)19(14-37-26(35)18(6)15(2)3)11-20(25(28)34)22(29)27(29,7)8/h11-12,17,20,22-24,32-33,36H,9-10,13-14H2,1-8H3/t17-,20+,22-,23+,24-,28+,29+,30-/m1/s1. The van der Waals surface area contributed by atoms with Crippen LogP contribution in [0.3, 0.4) is 0 Å². The molecule has 3 N–H and O–H groups in total. The van der Waals surface area contributed by atoms with Crippen molar-refractivity contribution in [3.8, 4) is 0 Å². The molecule has 4 aliphatic carbocycles. The van der Waals surface area contributed by atoms with Crippen molar-refractivity contribution in [1.29, 1.82) is 0 Å². The number of ketones is 1. The lowest BCUT2D eigenvalue weighted by Crippen LogP contribution is -2.65. The van der Waals surface area contributed by atoms with Gasteiger partial charge in [0.05, 0.1) is 5.41 Å². The Morgan fingerprint density at radius 1 is 1.13 bits per heavy atom. The molecule has 0 amide bonds. The number of esters is 2. The molecule has 8 heteroatoms. The summed E-state index contributed by atoms with van der Waals surface area (Å²) in [6.07, 6.45) is 1.20. The van der Waals surface area contributed by atoms with Gasteiger partial charge < -0.3 is 24.8 Å². The van der Waals surface area contributed by atoms with Crippen LogP contribution in [0, 0.1) is 28.6 Å². The van der Waals surface area contributed by atoms with Gasteiger partial charge in [-0.1, -0.05) is 45.4 Å². The topological polar surface area (TPSA) is 130 Å². The molecule has 0 unspecified atom stereocenters. The minimum absolute atomic E-state index is 0.148. The Labute approximate surface area is 224 Å². The maximum absolute atomic E-state index is 14.5. The molecule has 4 rings (SSSR count). The zero-order valence-corrected chi connectivity index (χ0v) is 23.8. The van der Waals surface area contributed by atoms with E-state index in [0.717, 1.165) is 5.57 Å². The first-order valence-electron chi connectivity index (χ1n) is 13.6. The molecule has 0 radical (unpaired) electrons. The fraction of sp³-hybridized carbons (Fsp3) is 0.700. The smallest absolute Gasteiger partial charge is 0.333 e. The number of Topliss-reactive ketones (excluding diaryl/α,β-unsaturated/α-hetero) is 1. The quantitative estimate of drug-likeness (QED) is 0.271. The molecule has 0 aromatic rings. The molecule has 0 aromatic carbocycles. The van der Waals surface area contributed by atoms with E-state index < -0.39 is 58.0 Å². The molecule has 0 saturated heterocycles. The summed E-state index contributed by atoms with van der Waals surface area (Å²) in [6, 6.07) is 0. The Morgan fingerprint density at radius 2 is 1.76 bits per heavy atom. The van der Waals surface area contributed by atoms with Crippen LogP contribution in [-0.4, -0.2) is 63.1 Å². The normalized spacial score (nSPS) is 40.5. The SMILES string of the molecule is CCCC(=O)O[C@@]12C[C@@H](C)[C@]34C=C(C)[C@H](O)[C@@]3(O)[C@H](O)C(COC(=O)C(C)=C(C)C)=C[C@H](C4=O)[C@@H]1C2(C)C. The van der Waals surface area contributed by atoms with E-state index in [1.807, 2.05) is 27.7 Å². The number of aliphatic hydroxyl groups excluding tert-OH is 2. The molecular formula is C30H42O8. The number of ether oxygens (including phenoxy) is 2. The van der Waals surface area contributed by atoms with Crippen molar-refractivity contribution in [2.24, 2.45) is 28.6 Å². The highest BCUT2D eigenvalue weighted by molar-refractivity contribution is 5.96. The molecule has 8 nitrogen and oxygen atoms in total. The number of fused-ring (bicyclic) bond motifs is 3. The number of carbonyl (C=O) groups is 3. The highest BCUT2D eigenvalue weighted by atomic mass is 16.6. The molecule has 2 saturated carbocycles. The highest BCUT2D eigenvalue weighted by Crippen LogP contribution is 2.75. The summed E-state index contributed by atoms with van der Waals surface area (Å²) >= 11 is 0. The van der Waals surface area contributed by atoms with Gasteiger partial charge >= 0.3 is 11.9 Å². The molecule has 0 aliphatic heterocycles. The maximum Gasteiger partial charge on any atom is 0.333 e. The molecule has 210 valence electrons. The van der Waals surface area contributed by atoms with Crippen molar-refractivity contribution in [3.05, 3.63) is 34.4 Å². The lowest BCUT2D eigenvalue weighted by molar-refractivity contribution is -0.192. The summed E-state index contributed by atoms with van der Waals surface area (Å²) in [4.78, 5) is 39.9. The van der Waals surface area contributed by atoms with Crippen molar-refractivity contribution in [2.45, 2.75) is 98.1 Å². The first kappa shape index (κ1) is 28.7. The number of hydrogen-bond acceptors (Lipinski definition) is 8. The van der Waals surface area contributed by atoms with E-state index >= 15 is 0 Å². The lowest BCUT2D eigenvalue weighted by Gasteiger charge is -2.48. The molecule has 2 bridgehead atoms. The summed E-state index contributed by atoms with van der Waals surface area (Å²) in [5.41, 5.74) is -3.65. The van der Waals surface area contributed by atoms with Crippen LogP contribution < -0.4 is 0 Å². The van der Waals surface area contributed by atoms with Crippen molar-refractivity contribution < 1.29 is 39.2 Å². The average molecular weight is 531 g/mol. The van der Waals surface area contributed by atoms with Gasteiger partial charge in [-0.15, -0.1) is 0 Å². The monoisotopic (exact) mass is 530 g/mol. The van der Waals surface area contributed by atoms with Crippen LogP contribution in [-0.2, 0) is 23.9 Å². The number of aliphatic hydroxyl groups is 3. The number of allylic oxidation sites excluding steroid dienone is 2. The predicted molar refractivity (Wildman–Crippen MR) is 140 cm³/mol. The second-order valence-corrected chi connectivity index (χ2v) is 12.6. The first-order valence-corrected chi connectivity index (χ1v) is 13.6. The van der Waals surface area contributed by atoms with Crippen LogP contribution in [0.1, 0.15) is 74.7 Å². The van der Waals surface area contributed by atoms with Crippen molar-refractivity contribution >= 4 is 17.7 Å². The number of carbonyl (C=O) groups excluding carboxylic acids is 3. The summed E-state index contributed by atoms with van der Waals surface area (Å²) in [7, 11) is 0. The largest absolute Gasteiger partial charge is 0.458 e. The third kappa shape index (κ3) is 3.56. The van der Waals surface area contributed by atoms with E-state index in [0.29, 0.717) is 24.0 Å². The zero-order valence-electron chi connectivity index (χ0n) is 23.8. The van der Waals surface area contributed by atoms with E-state index in [2.05, 4.69) is 0 Å². The second-order valence-electron chi connectivity index (χ2n) is 12.6. The third-order valence-electron chi connectivity index (χ3n) is 10.0. The Hall–Kier alpha value is -2.29.